The van der Waals surface area contributed by atoms with Gasteiger partial charge in [0.1, 0.15) is 12.4 Å². The van der Waals surface area contributed by atoms with Crippen molar-refractivity contribution in [2.24, 2.45) is 0 Å². The van der Waals surface area contributed by atoms with Crippen molar-refractivity contribution in [2.45, 2.75) is 32.5 Å². The first-order valence-corrected chi connectivity index (χ1v) is 6.35. The number of benzene rings is 1. The van der Waals surface area contributed by atoms with Crippen LogP contribution in [0.25, 0.3) is 0 Å². The lowest BCUT2D eigenvalue weighted by Gasteiger charge is -2.12. The fraction of sp³-hybridized carbons (Fsp3) is 0.571. The number of aliphatic hydroxyl groups excluding tert-OH is 1. The van der Waals surface area contributed by atoms with Crippen LogP contribution < -0.4 is 4.74 Å². The highest BCUT2D eigenvalue weighted by molar-refractivity contribution is 5.36. The van der Waals surface area contributed by atoms with E-state index >= 15 is 0 Å². The predicted molar refractivity (Wildman–Crippen MR) is 68.8 cm³/mol. The molecule has 0 saturated carbocycles. The second-order valence-electron chi connectivity index (χ2n) is 4.57. The summed E-state index contributed by atoms with van der Waals surface area (Å²) in [6.07, 6.45) is -4.44. The molecule has 0 heterocycles. The minimum absolute atomic E-state index is 0.00428. The third-order valence-corrected chi connectivity index (χ3v) is 2.64. The predicted octanol–water partition coefficient (Wildman–Crippen LogP) is 3.40. The molecule has 20 heavy (non-hydrogen) atoms. The van der Waals surface area contributed by atoms with Gasteiger partial charge in [0.15, 0.2) is 0 Å². The van der Waals surface area contributed by atoms with Gasteiger partial charge in [0.2, 0.25) is 0 Å². The number of aliphatic hydroxyl groups is 1. The lowest BCUT2D eigenvalue weighted by molar-refractivity contribution is -0.174. The first-order valence-electron chi connectivity index (χ1n) is 6.35. The van der Waals surface area contributed by atoms with Gasteiger partial charge in [0.25, 0.3) is 0 Å². The maximum atomic E-state index is 11.8. The standard InChI is InChI=1S/C14H19F3O3/c1-10-8-12(11(2)18)4-5-13(10)20-7-3-6-19-9-14(15,16)17/h4-5,8,11,18H,3,6-7,9H2,1-2H3. The van der Waals surface area contributed by atoms with Crippen molar-refractivity contribution in [2.75, 3.05) is 19.8 Å². The van der Waals surface area contributed by atoms with E-state index in [1.165, 1.54) is 0 Å². The van der Waals surface area contributed by atoms with Gasteiger partial charge in [-0.15, -0.1) is 0 Å². The zero-order chi connectivity index (χ0) is 15.2. The van der Waals surface area contributed by atoms with Crippen LogP contribution in [0.1, 0.15) is 30.6 Å². The Morgan fingerprint density at radius 1 is 1.25 bits per heavy atom. The molecular formula is C14H19F3O3. The Bertz CT molecular complexity index is 417. The third-order valence-electron chi connectivity index (χ3n) is 2.64. The van der Waals surface area contributed by atoms with Crippen LogP contribution in [0, 0.1) is 6.92 Å². The van der Waals surface area contributed by atoms with Gasteiger partial charge in [0.05, 0.1) is 19.3 Å². The zero-order valence-corrected chi connectivity index (χ0v) is 11.5. The van der Waals surface area contributed by atoms with Crippen LogP contribution in [0.4, 0.5) is 13.2 Å². The topological polar surface area (TPSA) is 38.7 Å². The minimum Gasteiger partial charge on any atom is -0.493 e. The Hall–Kier alpha value is -1.27. The molecule has 114 valence electrons. The molecule has 0 fully saturated rings. The zero-order valence-electron chi connectivity index (χ0n) is 11.5. The number of alkyl halides is 3. The Labute approximate surface area is 116 Å². The molecule has 6 heteroatoms. The molecule has 0 amide bonds. The lowest BCUT2D eigenvalue weighted by Crippen LogP contribution is -2.18. The van der Waals surface area contributed by atoms with Gasteiger partial charge >= 0.3 is 6.18 Å². The summed E-state index contributed by atoms with van der Waals surface area (Å²) in [4.78, 5) is 0. The van der Waals surface area contributed by atoms with E-state index in [1.807, 2.05) is 13.0 Å². The van der Waals surface area contributed by atoms with Gasteiger partial charge in [-0.3, -0.25) is 0 Å². The SMILES string of the molecule is Cc1cc(C(C)O)ccc1OCCCOCC(F)(F)F. The van der Waals surface area contributed by atoms with Crippen molar-refractivity contribution in [3.05, 3.63) is 29.3 Å². The van der Waals surface area contributed by atoms with E-state index in [9.17, 15) is 18.3 Å². The monoisotopic (exact) mass is 292 g/mol. The van der Waals surface area contributed by atoms with Crippen LogP contribution in [-0.4, -0.2) is 31.1 Å². The van der Waals surface area contributed by atoms with Crippen LogP contribution in [0.5, 0.6) is 5.75 Å². The van der Waals surface area contributed by atoms with E-state index in [2.05, 4.69) is 4.74 Å². The van der Waals surface area contributed by atoms with Crippen LogP contribution in [0.2, 0.25) is 0 Å². The smallest absolute Gasteiger partial charge is 0.411 e. The normalized spacial score (nSPS) is 13.3. The molecule has 1 unspecified atom stereocenters. The fourth-order valence-corrected chi connectivity index (χ4v) is 1.63. The van der Waals surface area contributed by atoms with Crippen molar-refractivity contribution in [1.29, 1.82) is 0 Å². The molecule has 1 N–H and O–H groups in total. The molecule has 0 bridgehead atoms. The van der Waals surface area contributed by atoms with Crippen molar-refractivity contribution >= 4 is 0 Å². The molecule has 3 nitrogen and oxygen atoms in total. The molecule has 0 radical (unpaired) electrons. The summed E-state index contributed by atoms with van der Waals surface area (Å²) in [5.41, 5.74) is 1.67. The Balaban J connectivity index is 2.29. The van der Waals surface area contributed by atoms with Gasteiger partial charge in [0, 0.05) is 6.42 Å². The largest absolute Gasteiger partial charge is 0.493 e. The van der Waals surface area contributed by atoms with Gasteiger partial charge in [-0.05, 0) is 37.1 Å². The van der Waals surface area contributed by atoms with Gasteiger partial charge < -0.3 is 14.6 Å². The van der Waals surface area contributed by atoms with Gasteiger partial charge in [-0.1, -0.05) is 6.07 Å². The Morgan fingerprint density at radius 3 is 2.50 bits per heavy atom. The van der Waals surface area contributed by atoms with Gasteiger partial charge in [-0.2, -0.15) is 13.2 Å². The van der Waals surface area contributed by atoms with Crippen molar-refractivity contribution in [3.63, 3.8) is 0 Å². The first-order chi connectivity index (χ1) is 9.29. The lowest BCUT2D eigenvalue weighted by atomic mass is 10.1. The van der Waals surface area contributed by atoms with Crippen LogP contribution >= 0.6 is 0 Å². The molecule has 0 spiro atoms. The number of rotatable bonds is 7. The van der Waals surface area contributed by atoms with E-state index in [-0.39, 0.29) is 13.2 Å². The van der Waals surface area contributed by atoms with Crippen LogP contribution in [-0.2, 0) is 4.74 Å². The number of hydrogen-bond acceptors (Lipinski definition) is 3. The molecule has 1 rings (SSSR count). The number of ether oxygens (including phenoxy) is 2. The van der Waals surface area contributed by atoms with E-state index in [1.54, 1.807) is 19.1 Å². The highest BCUT2D eigenvalue weighted by Crippen LogP contribution is 2.22. The van der Waals surface area contributed by atoms with Crippen molar-refractivity contribution in [3.8, 4) is 5.75 Å². The Kier molecular flexibility index (Phi) is 6.29. The molecule has 1 atom stereocenters. The van der Waals surface area contributed by atoms with E-state index in [0.717, 1.165) is 11.1 Å². The molecule has 0 aliphatic rings. The first kappa shape index (κ1) is 16.8. The second-order valence-corrected chi connectivity index (χ2v) is 4.57. The maximum Gasteiger partial charge on any atom is 0.411 e. The van der Waals surface area contributed by atoms with Crippen molar-refractivity contribution < 1.29 is 27.8 Å². The summed E-state index contributed by atoms with van der Waals surface area (Å²) < 4.78 is 45.4. The maximum absolute atomic E-state index is 11.8. The second kappa shape index (κ2) is 7.50. The molecular weight excluding hydrogens is 273 g/mol. The van der Waals surface area contributed by atoms with Crippen LogP contribution in [0.15, 0.2) is 18.2 Å². The minimum atomic E-state index is -4.28. The molecule has 0 aromatic heterocycles. The average Bonchev–Trinajstić information content (AvgIpc) is 2.33. The van der Waals surface area contributed by atoms with E-state index in [0.29, 0.717) is 12.2 Å². The van der Waals surface area contributed by atoms with Gasteiger partial charge in [-0.25, -0.2) is 0 Å². The highest BCUT2D eigenvalue weighted by Gasteiger charge is 2.27. The summed E-state index contributed by atoms with van der Waals surface area (Å²) in [6, 6.07) is 5.32. The molecule has 0 aliphatic carbocycles. The summed E-state index contributed by atoms with van der Waals surface area (Å²) in [5, 5.41) is 9.43. The summed E-state index contributed by atoms with van der Waals surface area (Å²) in [7, 11) is 0. The number of aryl methyl sites for hydroxylation is 1. The average molecular weight is 292 g/mol. The quantitative estimate of drug-likeness (QED) is 0.783. The summed E-state index contributed by atoms with van der Waals surface area (Å²) >= 11 is 0. The highest BCUT2D eigenvalue weighted by atomic mass is 19.4. The van der Waals surface area contributed by atoms with Crippen molar-refractivity contribution in [1.82, 2.24) is 0 Å². The Morgan fingerprint density at radius 2 is 1.95 bits per heavy atom. The third kappa shape index (κ3) is 6.25. The summed E-state index contributed by atoms with van der Waals surface area (Å²) in [6.45, 7) is 2.58. The fourth-order valence-electron chi connectivity index (χ4n) is 1.63. The van der Waals surface area contributed by atoms with E-state index < -0.39 is 18.9 Å². The molecule has 0 saturated heterocycles. The van der Waals surface area contributed by atoms with Crippen LogP contribution in [0.3, 0.4) is 0 Å². The van der Waals surface area contributed by atoms with E-state index in [4.69, 9.17) is 4.74 Å². The molecule has 0 aliphatic heterocycles. The molecule has 1 aromatic carbocycles. The summed E-state index contributed by atoms with van der Waals surface area (Å²) in [5.74, 6) is 0.658. The number of hydrogen-bond donors (Lipinski definition) is 1. The number of halogens is 3. The molecule has 1 aromatic rings.